The fourth-order valence-electron chi connectivity index (χ4n) is 2.95. The van der Waals surface area contributed by atoms with Crippen molar-refractivity contribution >= 4 is 36.1 Å². The highest BCUT2D eigenvalue weighted by molar-refractivity contribution is 7.79. The van der Waals surface area contributed by atoms with Crippen LogP contribution < -0.4 is 10.8 Å². The molecule has 0 radical (unpaired) electrons. The van der Waals surface area contributed by atoms with Crippen LogP contribution in [0.15, 0.2) is 48.5 Å². The van der Waals surface area contributed by atoms with Crippen LogP contribution in [0.4, 0.5) is 13.2 Å². The number of hydrogen-bond donors (Lipinski definition) is 4. The van der Waals surface area contributed by atoms with Gasteiger partial charge in [-0.3, -0.25) is 14.8 Å². The van der Waals surface area contributed by atoms with E-state index in [0.717, 1.165) is 23.3 Å². The molecule has 2 aromatic carbocycles. The van der Waals surface area contributed by atoms with Gasteiger partial charge in [0.2, 0.25) is 5.91 Å². The van der Waals surface area contributed by atoms with Gasteiger partial charge >= 0.3 is 6.18 Å². The molecule has 0 unspecified atom stereocenters. The van der Waals surface area contributed by atoms with Crippen molar-refractivity contribution in [3.8, 4) is 0 Å². The summed E-state index contributed by atoms with van der Waals surface area (Å²) in [5.74, 6) is -0.308. The topological polar surface area (TPSA) is 78.4 Å². The average molecular weight is 467 g/mol. The fraction of sp³-hybridized carbons (Fsp3) is 0.304. The number of halogens is 3. The molecule has 2 amide bonds. The Balaban J connectivity index is 2.14. The van der Waals surface area contributed by atoms with Crippen molar-refractivity contribution in [1.29, 1.82) is 0 Å². The van der Waals surface area contributed by atoms with E-state index in [-0.39, 0.29) is 12.0 Å². The molecule has 32 heavy (non-hydrogen) atoms. The first-order valence-corrected chi connectivity index (χ1v) is 10.7. The van der Waals surface area contributed by atoms with E-state index in [4.69, 9.17) is 5.21 Å². The Bertz CT molecular complexity index is 927. The number of nitrogens with one attached hydrogen (secondary N) is 2. The van der Waals surface area contributed by atoms with Gasteiger partial charge in [0.25, 0.3) is 5.91 Å². The number of carbonyl (C=O) groups excluding carboxylic acids is 2. The van der Waals surface area contributed by atoms with Crippen molar-refractivity contribution in [3.63, 3.8) is 0 Å². The van der Waals surface area contributed by atoms with Crippen LogP contribution in [0.1, 0.15) is 47.9 Å². The molecule has 0 aliphatic rings. The molecule has 0 heterocycles. The number of benzene rings is 2. The molecule has 0 saturated heterocycles. The summed E-state index contributed by atoms with van der Waals surface area (Å²) in [4.78, 5) is 23.8. The van der Waals surface area contributed by atoms with Gasteiger partial charge in [-0.1, -0.05) is 42.8 Å². The van der Waals surface area contributed by atoms with Gasteiger partial charge in [0, 0.05) is 24.3 Å². The summed E-state index contributed by atoms with van der Waals surface area (Å²) in [7, 11) is 0. The molecule has 0 bridgehead atoms. The summed E-state index contributed by atoms with van der Waals surface area (Å²) in [6, 6.07) is 11.8. The van der Waals surface area contributed by atoms with E-state index in [2.05, 4.69) is 17.9 Å². The minimum absolute atomic E-state index is 0.184. The summed E-state index contributed by atoms with van der Waals surface area (Å²) >= 11 is 4.21. The number of unbranched alkanes of at least 4 members (excludes halogenated alkanes) is 2. The second-order valence-electron chi connectivity index (χ2n) is 7.13. The maximum atomic E-state index is 12.9. The van der Waals surface area contributed by atoms with Gasteiger partial charge in [0.1, 0.15) is 0 Å². The van der Waals surface area contributed by atoms with E-state index in [9.17, 15) is 22.8 Å². The van der Waals surface area contributed by atoms with Crippen LogP contribution in [-0.4, -0.2) is 23.6 Å². The molecule has 0 fully saturated rings. The zero-order valence-electron chi connectivity index (χ0n) is 17.3. The van der Waals surface area contributed by atoms with Gasteiger partial charge in [-0.05, 0) is 47.7 Å². The fourth-order valence-corrected chi connectivity index (χ4v) is 3.16. The van der Waals surface area contributed by atoms with Crippen molar-refractivity contribution in [3.05, 3.63) is 70.8 Å². The molecular weight excluding hydrogens is 441 g/mol. The normalized spacial score (nSPS) is 11.8. The number of hydroxylamine groups is 1. The molecule has 0 aromatic heterocycles. The maximum absolute atomic E-state index is 12.9. The maximum Gasteiger partial charge on any atom is 0.416 e. The number of alkyl halides is 3. The van der Waals surface area contributed by atoms with E-state index in [1.54, 1.807) is 11.6 Å². The third kappa shape index (κ3) is 8.05. The Kier molecular flexibility index (Phi) is 9.80. The number of carbonyl (C=O) groups is 2. The molecular formula is C23H25F3N2O3S. The van der Waals surface area contributed by atoms with Crippen molar-refractivity contribution in [2.24, 2.45) is 0 Å². The second-order valence-corrected chi connectivity index (χ2v) is 7.45. The molecule has 0 atom stereocenters. The first-order chi connectivity index (χ1) is 15.2. The molecule has 0 aliphatic heterocycles. The minimum atomic E-state index is -4.46. The lowest BCUT2D eigenvalue weighted by Gasteiger charge is -2.12. The Hall–Kier alpha value is -2.78. The highest BCUT2D eigenvalue weighted by Gasteiger charge is 2.30. The average Bonchev–Trinajstić information content (AvgIpc) is 2.79. The lowest BCUT2D eigenvalue weighted by atomic mass is 10.00. The van der Waals surface area contributed by atoms with Crippen LogP contribution in [0.5, 0.6) is 0 Å². The molecule has 2 rings (SSSR count). The first-order valence-electron chi connectivity index (χ1n) is 10.0. The van der Waals surface area contributed by atoms with E-state index in [1.807, 2.05) is 24.3 Å². The summed E-state index contributed by atoms with van der Waals surface area (Å²) < 4.78 is 38.7. The van der Waals surface area contributed by atoms with Crippen LogP contribution >= 0.6 is 12.6 Å². The summed E-state index contributed by atoms with van der Waals surface area (Å²) in [5, 5.41) is 11.2. The summed E-state index contributed by atoms with van der Waals surface area (Å²) in [5.41, 5.74) is 3.12. The van der Waals surface area contributed by atoms with Crippen LogP contribution in [0.2, 0.25) is 0 Å². The Morgan fingerprint density at radius 3 is 2.19 bits per heavy atom. The molecule has 0 saturated carbocycles. The summed E-state index contributed by atoms with van der Waals surface area (Å²) in [6.07, 6.45) is -0.809. The number of thiol groups is 1. The zero-order chi connectivity index (χ0) is 23.6. The first kappa shape index (κ1) is 25.5. The quantitative estimate of drug-likeness (QED) is 0.101. The smallest absolute Gasteiger partial charge is 0.352 e. The number of amides is 2. The Morgan fingerprint density at radius 2 is 1.62 bits per heavy atom. The van der Waals surface area contributed by atoms with Gasteiger partial charge < -0.3 is 5.32 Å². The van der Waals surface area contributed by atoms with E-state index in [0.29, 0.717) is 37.1 Å². The largest absolute Gasteiger partial charge is 0.416 e. The van der Waals surface area contributed by atoms with Crippen LogP contribution in [-0.2, 0) is 21.5 Å². The van der Waals surface area contributed by atoms with E-state index in [1.165, 1.54) is 12.1 Å². The monoisotopic (exact) mass is 466 g/mol. The predicted octanol–water partition coefficient (Wildman–Crippen LogP) is 4.86. The van der Waals surface area contributed by atoms with Crippen molar-refractivity contribution < 1.29 is 28.0 Å². The number of rotatable bonds is 10. The number of hydrogen-bond acceptors (Lipinski definition) is 4. The lowest BCUT2D eigenvalue weighted by molar-refractivity contribution is -0.137. The standard InChI is InChI=1S/C23H25F3N2O3S/c24-23(25,26)19-11-9-18(10-12-19)20(14-16-5-7-17(15-32)8-6-16)22(30)27-13-3-1-2-4-21(29)28-31/h5-12,14,31-32H,1-4,13,15H2,(H,27,30)(H,28,29). The van der Waals surface area contributed by atoms with Crippen molar-refractivity contribution in [2.45, 2.75) is 37.6 Å². The Labute approximate surface area is 190 Å². The second kappa shape index (κ2) is 12.3. The van der Waals surface area contributed by atoms with Crippen LogP contribution in [0.25, 0.3) is 11.6 Å². The Morgan fingerprint density at radius 1 is 0.969 bits per heavy atom. The highest BCUT2D eigenvalue weighted by Crippen LogP contribution is 2.30. The molecule has 9 heteroatoms. The van der Waals surface area contributed by atoms with Crippen molar-refractivity contribution in [2.75, 3.05) is 6.54 Å². The van der Waals surface area contributed by atoms with Crippen molar-refractivity contribution in [1.82, 2.24) is 10.8 Å². The lowest BCUT2D eigenvalue weighted by Crippen LogP contribution is -2.25. The zero-order valence-corrected chi connectivity index (χ0v) is 18.2. The van der Waals surface area contributed by atoms with Gasteiger partial charge in [-0.15, -0.1) is 0 Å². The molecule has 3 N–H and O–H groups in total. The molecule has 0 aliphatic carbocycles. The molecule has 0 spiro atoms. The minimum Gasteiger partial charge on any atom is -0.352 e. The SMILES string of the molecule is O=C(CCCCCNC(=O)C(=Cc1ccc(CS)cc1)c1ccc(C(F)(F)F)cc1)NO. The predicted molar refractivity (Wildman–Crippen MR) is 120 cm³/mol. The van der Waals surface area contributed by atoms with Gasteiger partial charge in [-0.2, -0.15) is 25.8 Å². The van der Waals surface area contributed by atoms with E-state index < -0.39 is 23.6 Å². The molecule has 2 aromatic rings. The van der Waals surface area contributed by atoms with Crippen LogP contribution in [0, 0.1) is 0 Å². The highest BCUT2D eigenvalue weighted by atomic mass is 32.1. The van der Waals surface area contributed by atoms with Gasteiger partial charge in [0.05, 0.1) is 5.56 Å². The molecule has 172 valence electrons. The van der Waals surface area contributed by atoms with Gasteiger partial charge in [-0.25, -0.2) is 5.48 Å². The van der Waals surface area contributed by atoms with Crippen LogP contribution in [0.3, 0.4) is 0 Å². The van der Waals surface area contributed by atoms with E-state index >= 15 is 0 Å². The third-order valence-corrected chi connectivity index (χ3v) is 5.10. The third-order valence-electron chi connectivity index (χ3n) is 4.73. The molecule has 5 nitrogen and oxygen atoms in total. The summed E-state index contributed by atoms with van der Waals surface area (Å²) in [6.45, 7) is 0.343. The van der Waals surface area contributed by atoms with Gasteiger partial charge in [0.15, 0.2) is 0 Å².